The minimum Gasteiger partial charge on any atom is -0.494 e. The third-order valence-corrected chi connectivity index (χ3v) is 8.06. The van der Waals surface area contributed by atoms with Gasteiger partial charge in [0.2, 0.25) is 10.9 Å². The molecule has 0 heterocycles. The topological polar surface area (TPSA) is 88.1 Å². The Hall–Kier alpha value is -4.37. The monoisotopic (exact) mass is 618 g/mol. The fourth-order valence-corrected chi connectivity index (χ4v) is 5.60. The number of halogens is 1. The number of ether oxygens (including phenoxy) is 4. The maximum Gasteiger partial charge on any atom is 0.366 e. The van der Waals surface area contributed by atoms with Crippen molar-refractivity contribution in [3.63, 3.8) is 0 Å². The number of esters is 2. The molecule has 0 saturated carbocycles. The van der Waals surface area contributed by atoms with Gasteiger partial charge in [-0.05, 0) is 95.4 Å². The van der Waals surface area contributed by atoms with Crippen molar-refractivity contribution >= 4 is 28.8 Å². The summed E-state index contributed by atoms with van der Waals surface area (Å²) >= 11 is 1.18. The van der Waals surface area contributed by atoms with E-state index in [2.05, 4.69) is 51.3 Å². The molecule has 0 radical (unpaired) electrons. The lowest BCUT2D eigenvalue weighted by molar-refractivity contribution is -0.141. The van der Waals surface area contributed by atoms with Crippen LogP contribution in [0.25, 0.3) is 11.1 Å². The molecular formula is C35H35FO7S. The first-order chi connectivity index (χ1) is 21.1. The summed E-state index contributed by atoms with van der Waals surface area (Å²) in [5.74, 6) is -1.22. The van der Waals surface area contributed by atoms with Crippen LogP contribution in [0.5, 0.6) is 11.5 Å². The molecule has 3 aromatic rings. The lowest BCUT2D eigenvalue weighted by atomic mass is 9.82. The van der Waals surface area contributed by atoms with Gasteiger partial charge in [0.15, 0.2) is 0 Å². The quantitative estimate of drug-likeness (QED) is 0.0745. The fraction of sp³-hybridized carbons (Fsp3) is 0.286. The molecule has 7 nitrogen and oxygen atoms in total. The average Bonchev–Trinajstić information content (AvgIpc) is 3.23. The van der Waals surface area contributed by atoms with Crippen molar-refractivity contribution < 1.29 is 37.7 Å². The highest BCUT2D eigenvalue weighted by atomic mass is 32.2. The number of hydrogen-bond donors (Lipinski definition) is 0. The zero-order valence-electron chi connectivity index (χ0n) is 24.9. The number of thioether (sulfide) groups is 1. The number of carbonyl (C=O) groups is 3. The van der Waals surface area contributed by atoms with Gasteiger partial charge >= 0.3 is 11.9 Å². The molecule has 0 aliphatic heterocycles. The van der Waals surface area contributed by atoms with E-state index < -0.39 is 17.8 Å². The molecule has 0 N–H and O–H groups in total. The number of rotatable bonds is 15. The SMILES string of the molecule is C=CC(=O)OCCCOc1ccc(C(=O)Sc2ccc3c(c2)C(C)(C)c2cc(OCCCCOC(=O)C(=C)F)ccc2-3)cc1. The summed E-state index contributed by atoms with van der Waals surface area (Å²) in [6, 6.07) is 19.2. The molecule has 3 aromatic carbocycles. The van der Waals surface area contributed by atoms with E-state index in [9.17, 15) is 18.8 Å². The van der Waals surface area contributed by atoms with Gasteiger partial charge in [-0.3, -0.25) is 4.79 Å². The van der Waals surface area contributed by atoms with Crippen LogP contribution in [-0.2, 0) is 24.5 Å². The third-order valence-electron chi connectivity index (χ3n) is 7.15. The minimum absolute atomic E-state index is 0.0683. The summed E-state index contributed by atoms with van der Waals surface area (Å²) in [6.45, 7) is 11.8. The van der Waals surface area contributed by atoms with Crippen molar-refractivity contribution in [3.8, 4) is 22.6 Å². The molecule has 44 heavy (non-hydrogen) atoms. The van der Waals surface area contributed by atoms with E-state index in [0.717, 1.165) is 39.0 Å². The van der Waals surface area contributed by atoms with Gasteiger partial charge in [-0.15, -0.1) is 0 Å². The average molecular weight is 619 g/mol. The molecular weight excluding hydrogens is 583 g/mol. The van der Waals surface area contributed by atoms with Crippen molar-refractivity contribution in [2.45, 2.75) is 43.4 Å². The number of fused-ring (bicyclic) bond motifs is 3. The lowest BCUT2D eigenvalue weighted by Gasteiger charge is -2.22. The Morgan fingerprint density at radius 2 is 1.39 bits per heavy atom. The van der Waals surface area contributed by atoms with Gasteiger partial charge in [-0.1, -0.05) is 39.1 Å². The largest absolute Gasteiger partial charge is 0.494 e. The first-order valence-electron chi connectivity index (χ1n) is 14.3. The van der Waals surface area contributed by atoms with Crippen molar-refractivity contribution in [1.29, 1.82) is 0 Å². The van der Waals surface area contributed by atoms with Crippen LogP contribution in [0.3, 0.4) is 0 Å². The summed E-state index contributed by atoms with van der Waals surface area (Å²) in [5.41, 5.74) is 4.82. The first-order valence-corrected chi connectivity index (χ1v) is 15.1. The zero-order valence-corrected chi connectivity index (χ0v) is 25.7. The Morgan fingerprint density at radius 3 is 2.09 bits per heavy atom. The van der Waals surface area contributed by atoms with E-state index in [-0.39, 0.29) is 23.7 Å². The van der Waals surface area contributed by atoms with Gasteiger partial charge in [0.05, 0.1) is 26.4 Å². The van der Waals surface area contributed by atoms with E-state index in [1.54, 1.807) is 24.3 Å². The molecule has 4 rings (SSSR count). The molecule has 0 fully saturated rings. The van der Waals surface area contributed by atoms with E-state index >= 15 is 0 Å². The van der Waals surface area contributed by atoms with E-state index in [4.69, 9.17) is 18.9 Å². The third kappa shape index (κ3) is 8.17. The van der Waals surface area contributed by atoms with Crippen LogP contribution in [0.4, 0.5) is 4.39 Å². The second-order valence-corrected chi connectivity index (χ2v) is 11.7. The standard InChI is InChI=1S/C35H35FO7S/c1-5-32(37)42-20-8-19-40-25-11-9-24(10-12-25)34(39)44-27-14-16-29-28-15-13-26(21-30(28)35(3,4)31(29)22-27)41-17-6-7-18-43-33(38)23(2)36/h5,9-16,21-22H,1-2,6-8,17-20H2,3-4H3. The van der Waals surface area contributed by atoms with E-state index in [1.165, 1.54) is 11.8 Å². The molecule has 0 unspecified atom stereocenters. The van der Waals surface area contributed by atoms with Crippen LogP contribution in [0.1, 0.15) is 54.6 Å². The van der Waals surface area contributed by atoms with Gasteiger partial charge in [0.25, 0.3) is 0 Å². The zero-order chi connectivity index (χ0) is 31.7. The Bertz CT molecular complexity index is 1550. The van der Waals surface area contributed by atoms with Crippen molar-refractivity contribution in [2.75, 3.05) is 26.4 Å². The van der Waals surface area contributed by atoms with Crippen molar-refractivity contribution in [2.24, 2.45) is 0 Å². The molecule has 0 saturated heterocycles. The maximum atomic E-state index is 13.1. The van der Waals surface area contributed by atoms with Gasteiger partial charge < -0.3 is 18.9 Å². The van der Waals surface area contributed by atoms with Crippen molar-refractivity contribution in [3.05, 3.63) is 102 Å². The lowest BCUT2D eigenvalue weighted by Crippen LogP contribution is -2.15. The Kier molecular flexibility index (Phi) is 11.0. The second-order valence-electron chi connectivity index (χ2n) is 10.6. The summed E-state index contributed by atoms with van der Waals surface area (Å²) in [4.78, 5) is 36.1. The Labute approximate surface area is 261 Å². The summed E-state index contributed by atoms with van der Waals surface area (Å²) in [6.07, 6.45) is 2.86. The van der Waals surface area contributed by atoms with Gasteiger partial charge in [0, 0.05) is 28.4 Å². The number of hydrogen-bond acceptors (Lipinski definition) is 8. The van der Waals surface area contributed by atoms with Crippen LogP contribution in [-0.4, -0.2) is 43.5 Å². The molecule has 1 aliphatic carbocycles. The fourth-order valence-electron chi connectivity index (χ4n) is 4.82. The Balaban J connectivity index is 1.31. The predicted molar refractivity (Wildman–Crippen MR) is 168 cm³/mol. The first kappa shape index (κ1) is 32.5. The van der Waals surface area contributed by atoms with Gasteiger partial charge in [0.1, 0.15) is 11.5 Å². The van der Waals surface area contributed by atoms with E-state index in [1.807, 2.05) is 12.1 Å². The summed E-state index contributed by atoms with van der Waals surface area (Å²) < 4.78 is 34.0. The van der Waals surface area contributed by atoms with Crippen LogP contribution >= 0.6 is 11.8 Å². The number of carbonyl (C=O) groups excluding carboxylic acids is 3. The second kappa shape index (κ2) is 14.9. The van der Waals surface area contributed by atoms with Gasteiger partial charge in [-0.2, -0.15) is 4.39 Å². The molecule has 230 valence electrons. The van der Waals surface area contributed by atoms with Crippen LogP contribution in [0, 0.1) is 0 Å². The smallest absolute Gasteiger partial charge is 0.366 e. The van der Waals surface area contributed by atoms with Crippen LogP contribution in [0.2, 0.25) is 0 Å². The maximum absolute atomic E-state index is 13.1. The summed E-state index contributed by atoms with van der Waals surface area (Å²) in [7, 11) is 0. The molecule has 0 spiro atoms. The van der Waals surface area contributed by atoms with Crippen LogP contribution < -0.4 is 9.47 Å². The van der Waals surface area contributed by atoms with Gasteiger partial charge in [-0.25, -0.2) is 9.59 Å². The number of benzene rings is 3. The normalized spacial score (nSPS) is 12.4. The summed E-state index contributed by atoms with van der Waals surface area (Å²) in [5, 5.41) is -0.0683. The molecule has 9 heteroatoms. The molecule has 0 atom stereocenters. The van der Waals surface area contributed by atoms with Crippen molar-refractivity contribution in [1.82, 2.24) is 0 Å². The molecule has 0 bridgehead atoms. The molecule has 0 aromatic heterocycles. The number of unbranched alkanes of at least 4 members (excludes halogenated alkanes) is 1. The highest BCUT2D eigenvalue weighted by Crippen LogP contribution is 2.50. The van der Waals surface area contributed by atoms with E-state index in [0.29, 0.717) is 43.8 Å². The highest BCUT2D eigenvalue weighted by Gasteiger charge is 2.36. The van der Waals surface area contributed by atoms with Crippen LogP contribution in [0.15, 0.2) is 90.6 Å². The molecule has 0 amide bonds. The predicted octanol–water partition coefficient (Wildman–Crippen LogP) is 7.61. The highest BCUT2D eigenvalue weighted by molar-refractivity contribution is 8.14. The molecule has 1 aliphatic rings. The Morgan fingerprint density at radius 1 is 0.795 bits per heavy atom. The minimum atomic E-state index is -1.10.